The average molecular weight is 255 g/mol. The Morgan fingerprint density at radius 1 is 1.37 bits per heavy atom. The van der Waals surface area contributed by atoms with Crippen LogP contribution in [-0.2, 0) is 12.0 Å². The Kier molecular flexibility index (Phi) is 2.85. The standard InChI is InChI=1S/C16H21N3/c1-4-16(2,3)19-11-17-10-14(19)13-7-5-6-12-8-9-18-15(12)13/h5-7,10-11,18H,4,8-9H2,1-3H3. The van der Waals surface area contributed by atoms with Gasteiger partial charge in [0, 0.05) is 23.3 Å². The molecule has 0 fully saturated rings. The number of anilines is 1. The van der Waals surface area contributed by atoms with Crippen LogP contribution in [0.1, 0.15) is 32.8 Å². The highest BCUT2D eigenvalue weighted by Gasteiger charge is 2.23. The zero-order valence-corrected chi connectivity index (χ0v) is 11.9. The van der Waals surface area contributed by atoms with Crippen LogP contribution < -0.4 is 5.32 Å². The Hall–Kier alpha value is -1.77. The fourth-order valence-electron chi connectivity index (χ4n) is 2.70. The quantitative estimate of drug-likeness (QED) is 0.907. The number of aromatic nitrogens is 2. The van der Waals surface area contributed by atoms with Crippen molar-refractivity contribution in [2.24, 2.45) is 0 Å². The van der Waals surface area contributed by atoms with Crippen LogP contribution in [0.15, 0.2) is 30.7 Å². The zero-order valence-electron chi connectivity index (χ0n) is 11.9. The molecule has 3 rings (SSSR count). The molecule has 0 atom stereocenters. The van der Waals surface area contributed by atoms with Gasteiger partial charge in [-0.2, -0.15) is 0 Å². The van der Waals surface area contributed by atoms with Crippen LogP contribution in [0.25, 0.3) is 11.3 Å². The molecular weight excluding hydrogens is 234 g/mol. The third-order valence-corrected chi connectivity index (χ3v) is 4.28. The van der Waals surface area contributed by atoms with Crippen molar-refractivity contribution in [3.8, 4) is 11.3 Å². The molecule has 0 radical (unpaired) electrons. The van der Waals surface area contributed by atoms with Crippen molar-refractivity contribution in [1.29, 1.82) is 0 Å². The van der Waals surface area contributed by atoms with Crippen molar-refractivity contribution in [3.63, 3.8) is 0 Å². The van der Waals surface area contributed by atoms with E-state index < -0.39 is 0 Å². The smallest absolute Gasteiger partial charge is 0.0956 e. The molecule has 2 heterocycles. The molecule has 0 saturated heterocycles. The number of rotatable bonds is 3. The highest BCUT2D eigenvalue weighted by atomic mass is 15.1. The Bertz CT molecular complexity index is 596. The number of hydrogen-bond acceptors (Lipinski definition) is 2. The van der Waals surface area contributed by atoms with Crippen LogP contribution in [0.2, 0.25) is 0 Å². The minimum absolute atomic E-state index is 0.0904. The van der Waals surface area contributed by atoms with Gasteiger partial charge in [0.25, 0.3) is 0 Å². The van der Waals surface area contributed by atoms with Crippen LogP contribution >= 0.6 is 0 Å². The fraction of sp³-hybridized carbons (Fsp3) is 0.438. The lowest BCUT2D eigenvalue weighted by molar-refractivity contribution is 0.345. The first-order valence-corrected chi connectivity index (χ1v) is 7.02. The van der Waals surface area contributed by atoms with E-state index in [1.807, 2.05) is 12.5 Å². The molecule has 0 aliphatic carbocycles. The van der Waals surface area contributed by atoms with Gasteiger partial charge in [-0.05, 0) is 32.3 Å². The average Bonchev–Trinajstić information content (AvgIpc) is 3.07. The van der Waals surface area contributed by atoms with E-state index in [0.717, 1.165) is 19.4 Å². The summed E-state index contributed by atoms with van der Waals surface area (Å²) in [5.41, 5.74) is 5.27. The number of imidazole rings is 1. The van der Waals surface area contributed by atoms with E-state index in [0.29, 0.717) is 0 Å². The number of nitrogens with one attached hydrogen (secondary N) is 1. The van der Waals surface area contributed by atoms with Gasteiger partial charge in [-0.25, -0.2) is 4.98 Å². The van der Waals surface area contributed by atoms with Crippen LogP contribution in [0.4, 0.5) is 5.69 Å². The minimum Gasteiger partial charge on any atom is -0.384 e. The summed E-state index contributed by atoms with van der Waals surface area (Å²) in [6.45, 7) is 7.78. The molecule has 0 saturated carbocycles. The second kappa shape index (κ2) is 4.41. The van der Waals surface area contributed by atoms with E-state index in [4.69, 9.17) is 0 Å². The third kappa shape index (κ3) is 1.93. The van der Waals surface area contributed by atoms with Crippen LogP contribution in [0.5, 0.6) is 0 Å². The van der Waals surface area contributed by atoms with Crippen molar-refractivity contribution in [3.05, 3.63) is 36.3 Å². The predicted octanol–water partition coefficient (Wildman–Crippen LogP) is 3.66. The van der Waals surface area contributed by atoms with Crippen LogP contribution in [0, 0.1) is 0 Å². The highest BCUT2D eigenvalue weighted by Crippen LogP contribution is 2.36. The van der Waals surface area contributed by atoms with Gasteiger partial charge in [0.05, 0.1) is 18.2 Å². The van der Waals surface area contributed by atoms with Gasteiger partial charge < -0.3 is 9.88 Å². The van der Waals surface area contributed by atoms with Gasteiger partial charge in [-0.15, -0.1) is 0 Å². The summed E-state index contributed by atoms with van der Waals surface area (Å²) in [5, 5.41) is 3.51. The maximum atomic E-state index is 4.37. The maximum Gasteiger partial charge on any atom is 0.0956 e. The zero-order chi connectivity index (χ0) is 13.5. The van der Waals surface area contributed by atoms with Crippen molar-refractivity contribution in [2.75, 3.05) is 11.9 Å². The number of fused-ring (bicyclic) bond motifs is 1. The van der Waals surface area contributed by atoms with E-state index in [2.05, 4.69) is 53.8 Å². The molecule has 1 aromatic heterocycles. The lowest BCUT2D eigenvalue weighted by Crippen LogP contribution is -2.25. The first kappa shape index (κ1) is 12.3. The first-order chi connectivity index (χ1) is 9.13. The lowest BCUT2D eigenvalue weighted by Gasteiger charge is -2.27. The molecule has 0 spiro atoms. The van der Waals surface area contributed by atoms with Gasteiger partial charge in [0.15, 0.2) is 0 Å². The minimum atomic E-state index is 0.0904. The van der Waals surface area contributed by atoms with Gasteiger partial charge in [-0.3, -0.25) is 0 Å². The van der Waals surface area contributed by atoms with Crippen molar-refractivity contribution >= 4 is 5.69 Å². The van der Waals surface area contributed by atoms with Gasteiger partial charge >= 0.3 is 0 Å². The molecule has 3 heteroatoms. The molecular formula is C16H21N3. The Balaban J connectivity index is 2.15. The van der Waals surface area contributed by atoms with Gasteiger partial charge in [-0.1, -0.05) is 25.1 Å². The molecule has 2 aromatic rings. The van der Waals surface area contributed by atoms with E-state index in [1.54, 1.807) is 0 Å². The van der Waals surface area contributed by atoms with Gasteiger partial charge in [0.1, 0.15) is 0 Å². The van der Waals surface area contributed by atoms with Crippen molar-refractivity contribution < 1.29 is 0 Å². The Labute approximate surface area is 114 Å². The third-order valence-electron chi connectivity index (χ3n) is 4.28. The van der Waals surface area contributed by atoms with E-state index >= 15 is 0 Å². The van der Waals surface area contributed by atoms with E-state index in [1.165, 1.54) is 22.5 Å². The second-order valence-corrected chi connectivity index (χ2v) is 5.83. The molecule has 1 N–H and O–H groups in total. The van der Waals surface area contributed by atoms with E-state index in [-0.39, 0.29) is 5.54 Å². The molecule has 100 valence electrons. The summed E-state index contributed by atoms with van der Waals surface area (Å²) in [7, 11) is 0. The number of hydrogen-bond donors (Lipinski definition) is 1. The first-order valence-electron chi connectivity index (χ1n) is 7.02. The van der Waals surface area contributed by atoms with E-state index in [9.17, 15) is 0 Å². The summed E-state index contributed by atoms with van der Waals surface area (Å²) in [6.07, 6.45) is 6.13. The van der Waals surface area contributed by atoms with Crippen LogP contribution in [0.3, 0.4) is 0 Å². The second-order valence-electron chi connectivity index (χ2n) is 5.83. The SMILES string of the molecule is CCC(C)(C)n1cncc1-c1cccc2c1NCC2. The molecule has 1 aromatic carbocycles. The normalized spacial score (nSPS) is 14.3. The molecule has 1 aliphatic rings. The molecule has 3 nitrogen and oxygen atoms in total. The lowest BCUT2D eigenvalue weighted by atomic mass is 9.99. The summed E-state index contributed by atoms with van der Waals surface area (Å²) in [6, 6.07) is 6.55. The number of para-hydroxylation sites is 1. The Morgan fingerprint density at radius 3 is 3.00 bits per heavy atom. The number of benzene rings is 1. The molecule has 19 heavy (non-hydrogen) atoms. The number of nitrogens with zero attached hydrogens (tertiary/aromatic N) is 2. The molecule has 1 aliphatic heterocycles. The molecule has 0 amide bonds. The summed E-state index contributed by atoms with van der Waals surface area (Å²) in [4.78, 5) is 4.37. The summed E-state index contributed by atoms with van der Waals surface area (Å²) < 4.78 is 2.29. The summed E-state index contributed by atoms with van der Waals surface area (Å²) >= 11 is 0. The largest absolute Gasteiger partial charge is 0.384 e. The monoisotopic (exact) mass is 255 g/mol. The predicted molar refractivity (Wildman–Crippen MR) is 79.5 cm³/mol. The summed E-state index contributed by atoms with van der Waals surface area (Å²) in [5.74, 6) is 0. The van der Waals surface area contributed by atoms with Crippen molar-refractivity contribution in [2.45, 2.75) is 39.2 Å². The Morgan fingerprint density at radius 2 is 2.21 bits per heavy atom. The van der Waals surface area contributed by atoms with Crippen molar-refractivity contribution in [1.82, 2.24) is 9.55 Å². The fourth-order valence-corrected chi connectivity index (χ4v) is 2.70. The molecule has 0 unspecified atom stereocenters. The topological polar surface area (TPSA) is 29.9 Å². The highest BCUT2D eigenvalue weighted by molar-refractivity contribution is 5.80. The maximum absolute atomic E-state index is 4.37. The van der Waals surface area contributed by atoms with Gasteiger partial charge in [0.2, 0.25) is 0 Å². The van der Waals surface area contributed by atoms with Crippen LogP contribution in [-0.4, -0.2) is 16.1 Å². The molecule has 0 bridgehead atoms.